The maximum atomic E-state index is 10.4. The van der Waals surface area contributed by atoms with Gasteiger partial charge in [-0.05, 0) is 56.0 Å². The van der Waals surface area contributed by atoms with Crippen LogP contribution in [0.25, 0.3) is 0 Å². The minimum atomic E-state index is -0.441. The quantitative estimate of drug-likeness (QED) is 0.595. The highest BCUT2D eigenvalue weighted by Crippen LogP contribution is 2.30. The molecule has 1 unspecified atom stereocenters. The monoisotopic (exact) mass is 389 g/mol. The Labute approximate surface area is 171 Å². The van der Waals surface area contributed by atoms with E-state index < -0.39 is 6.10 Å². The van der Waals surface area contributed by atoms with Gasteiger partial charge < -0.3 is 14.7 Å². The Bertz CT molecular complexity index is 571. The molecule has 1 aliphatic carbocycles. The van der Waals surface area contributed by atoms with Gasteiger partial charge in [-0.15, -0.1) is 0 Å². The summed E-state index contributed by atoms with van der Waals surface area (Å²) in [6.45, 7) is 14.3. The molecule has 2 fully saturated rings. The smallest absolute Gasteiger partial charge is 0.119 e. The molecule has 1 saturated heterocycles. The number of aliphatic hydroxyl groups excluding tert-OH is 1. The largest absolute Gasteiger partial charge is 0.491 e. The van der Waals surface area contributed by atoms with Crippen LogP contribution in [0.2, 0.25) is 0 Å². The molecule has 1 aromatic rings. The average Bonchev–Trinajstić information content (AvgIpc) is 3.51. The van der Waals surface area contributed by atoms with E-state index in [2.05, 4.69) is 46.7 Å². The van der Waals surface area contributed by atoms with Gasteiger partial charge in [-0.3, -0.25) is 9.80 Å². The van der Waals surface area contributed by atoms with Crippen molar-refractivity contribution in [2.45, 2.75) is 45.8 Å². The van der Waals surface area contributed by atoms with Gasteiger partial charge in [0.05, 0.1) is 0 Å². The van der Waals surface area contributed by atoms with Crippen LogP contribution in [0.1, 0.15) is 38.7 Å². The number of aliphatic hydroxyl groups is 1. The van der Waals surface area contributed by atoms with Gasteiger partial charge in [-0.1, -0.05) is 26.0 Å². The van der Waals surface area contributed by atoms with Crippen LogP contribution in [-0.4, -0.2) is 84.9 Å². The molecule has 1 aliphatic heterocycles. The van der Waals surface area contributed by atoms with Crippen molar-refractivity contribution >= 4 is 0 Å². The number of rotatable bonds is 12. The Morgan fingerprint density at radius 1 is 1.14 bits per heavy atom. The first-order valence-corrected chi connectivity index (χ1v) is 11.2. The van der Waals surface area contributed by atoms with E-state index in [0.717, 1.165) is 57.5 Å². The SMILES string of the molecule is CCCN(Cc1cccc(OCC(O)CN2CCN(CC)CC2)c1)CC1CC1. The molecule has 5 nitrogen and oxygen atoms in total. The Kier molecular flexibility index (Phi) is 8.59. The first kappa shape index (κ1) is 21.6. The van der Waals surface area contributed by atoms with Gasteiger partial charge in [0.1, 0.15) is 18.5 Å². The second-order valence-electron chi connectivity index (χ2n) is 8.53. The fourth-order valence-electron chi connectivity index (χ4n) is 4.04. The Balaban J connectivity index is 1.42. The Morgan fingerprint density at radius 3 is 2.57 bits per heavy atom. The summed E-state index contributed by atoms with van der Waals surface area (Å²) in [7, 11) is 0. The lowest BCUT2D eigenvalue weighted by atomic mass is 10.2. The average molecular weight is 390 g/mol. The highest BCUT2D eigenvalue weighted by molar-refractivity contribution is 5.28. The summed E-state index contributed by atoms with van der Waals surface area (Å²) in [6, 6.07) is 8.40. The van der Waals surface area contributed by atoms with E-state index in [9.17, 15) is 5.11 Å². The third-order valence-electron chi connectivity index (χ3n) is 5.88. The molecular formula is C23H39N3O2. The molecule has 0 bridgehead atoms. The normalized spacial score (nSPS) is 19.9. The number of hydrogen-bond acceptors (Lipinski definition) is 5. The number of nitrogens with zero attached hydrogens (tertiary/aromatic N) is 3. The first-order chi connectivity index (χ1) is 13.7. The summed E-state index contributed by atoms with van der Waals surface area (Å²) in [5, 5.41) is 10.4. The van der Waals surface area contributed by atoms with E-state index in [1.165, 1.54) is 31.4 Å². The van der Waals surface area contributed by atoms with E-state index in [0.29, 0.717) is 13.2 Å². The maximum absolute atomic E-state index is 10.4. The van der Waals surface area contributed by atoms with Crippen LogP contribution in [0.5, 0.6) is 5.75 Å². The molecular weight excluding hydrogens is 350 g/mol. The molecule has 1 saturated carbocycles. The predicted octanol–water partition coefficient (Wildman–Crippen LogP) is 2.69. The van der Waals surface area contributed by atoms with E-state index in [1.807, 2.05) is 6.07 Å². The van der Waals surface area contributed by atoms with Gasteiger partial charge >= 0.3 is 0 Å². The molecule has 0 aromatic heterocycles. The van der Waals surface area contributed by atoms with Crippen molar-refractivity contribution in [1.82, 2.24) is 14.7 Å². The molecule has 0 radical (unpaired) electrons. The van der Waals surface area contributed by atoms with Crippen molar-refractivity contribution in [2.75, 3.05) is 59.0 Å². The number of likely N-dealkylation sites (N-methyl/N-ethyl adjacent to an activating group) is 1. The minimum absolute atomic E-state index is 0.359. The van der Waals surface area contributed by atoms with Crippen LogP contribution in [0.4, 0.5) is 0 Å². The zero-order valence-corrected chi connectivity index (χ0v) is 17.9. The van der Waals surface area contributed by atoms with Crippen LogP contribution in [0.3, 0.4) is 0 Å². The molecule has 2 aliphatic rings. The van der Waals surface area contributed by atoms with Crippen molar-refractivity contribution in [3.8, 4) is 5.75 Å². The zero-order chi connectivity index (χ0) is 19.8. The molecule has 1 aromatic carbocycles. The molecule has 158 valence electrons. The Hall–Kier alpha value is -1.14. The van der Waals surface area contributed by atoms with Crippen molar-refractivity contribution < 1.29 is 9.84 Å². The number of piperazine rings is 1. The highest BCUT2D eigenvalue weighted by atomic mass is 16.5. The molecule has 28 heavy (non-hydrogen) atoms. The van der Waals surface area contributed by atoms with Crippen LogP contribution in [0.15, 0.2) is 24.3 Å². The van der Waals surface area contributed by atoms with Gasteiger partial charge in [0.15, 0.2) is 0 Å². The summed E-state index contributed by atoms with van der Waals surface area (Å²) < 4.78 is 5.92. The lowest BCUT2D eigenvalue weighted by Gasteiger charge is -2.34. The zero-order valence-electron chi connectivity index (χ0n) is 17.9. The molecule has 1 heterocycles. The molecule has 3 rings (SSSR count). The van der Waals surface area contributed by atoms with Gasteiger partial charge in [0, 0.05) is 45.8 Å². The summed E-state index contributed by atoms with van der Waals surface area (Å²) in [6.07, 6.45) is 3.55. The van der Waals surface area contributed by atoms with Crippen molar-refractivity contribution in [2.24, 2.45) is 5.92 Å². The van der Waals surface area contributed by atoms with Gasteiger partial charge in [-0.25, -0.2) is 0 Å². The lowest BCUT2D eigenvalue weighted by molar-refractivity contribution is 0.0470. The van der Waals surface area contributed by atoms with E-state index in [1.54, 1.807) is 0 Å². The maximum Gasteiger partial charge on any atom is 0.119 e. The second-order valence-corrected chi connectivity index (χ2v) is 8.53. The molecule has 1 N–H and O–H groups in total. The molecule has 0 amide bonds. The molecule has 0 spiro atoms. The number of hydrogen-bond donors (Lipinski definition) is 1. The molecule has 1 atom stereocenters. The predicted molar refractivity (Wildman–Crippen MR) is 115 cm³/mol. The topological polar surface area (TPSA) is 39.2 Å². The summed E-state index contributed by atoms with van der Waals surface area (Å²) in [4.78, 5) is 7.37. The van der Waals surface area contributed by atoms with Crippen LogP contribution in [0, 0.1) is 5.92 Å². The summed E-state index contributed by atoms with van der Waals surface area (Å²) in [5.41, 5.74) is 1.30. The van der Waals surface area contributed by atoms with Gasteiger partial charge in [-0.2, -0.15) is 0 Å². The van der Waals surface area contributed by atoms with Crippen molar-refractivity contribution in [3.63, 3.8) is 0 Å². The first-order valence-electron chi connectivity index (χ1n) is 11.2. The summed E-state index contributed by atoms with van der Waals surface area (Å²) >= 11 is 0. The van der Waals surface area contributed by atoms with Crippen molar-refractivity contribution in [3.05, 3.63) is 29.8 Å². The number of benzene rings is 1. The summed E-state index contributed by atoms with van der Waals surface area (Å²) in [5.74, 6) is 1.79. The highest BCUT2D eigenvalue weighted by Gasteiger charge is 2.24. The second kappa shape index (κ2) is 11.1. The third-order valence-corrected chi connectivity index (χ3v) is 5.88. The third kappa shape index (κ3) is 7.36. The van der Waals surface area contributed by atoms with Gasteiger partial charge in [0.2, 0.25) is 0 Å². The minimum Gasteiger partial charge on any atom is -0.491 e. The fraction of sp³-hybridized carbons (Fsp3) is 0.739. The van der Waals surface area contributed by atoms with Crippen molar-refractivity contribution in [1.29, 1.82) is 0 Å². The van der Waals surface area contributed by atoms with E-state index in [-0.39, 0.29) is 0 Å². The number of β-amino-alcohol motifs (C(OH)–C–C–N with tert-alkyl or cyclic N) is 1. The lowest BCUT2D eigenvalue weighted by Crippen LogP contribution is -2.49. The van der Waals surface area contributed by atoms with E-state index >= 15 is 0 Å². The standard InChI is InChI=1S/C23H39N3O2/c1-3-10-26(16-20-8-9-20)17-21-6-5-7-23(15-21)28-19-22(27)18-25-13-11-24(4-2)12-14-25/h5-7,15,20,22,27H,3-4,8-14,16-19H2,1-2H3. The van der Waals surface area contributed by atoms with Gasteiger partial charge in [0.25, 0.3) is 0 Å². The van der Waals surface area contributed by atoms with Crippen LogP contribution < -0.4 is 4.74 Å². The number of ether oxygens (including phenoxy) is 1. The molecule has 5 heteroatoms. The fourth-order valence-corrected chi connectivity index (χ4v) is 4.04. The van der Waals surface area contributed by atoms with Crippen LogP contribution in [-0.2, 0) is 6.54 Å². The Morgan fingerprint density at radius 2 is 1.89 bits per heavy atom. The van der Waals surface area contributed by atoms with E-state index in [4.69, 9.17) is 4.74 Å². The van der Waals surface area contributed by atoms with Crippen LogP contribution >= 0.6 is 0 Å².